The number of hydrogen-bond acceptors (Lipinski definition) is 6. The molecule has 3 rings (SSSR count). The van der Waals surface area contributed by atoms with Crippen LogP contribution in [0.25, 0.3) is 0 Å². The monoisotopic (exact) mass is 363 g/mol. The Morgan fingerprint density at radius 2 is 1.70 bits per heavy atom. The molecule has 0 saturated carbocycles. The lowest BCUT2D eigenvalue weighted by molar-refractivity contribution is 0.102. The van der Waals surface area contributed by atoms with Crippen LogP contribution in [0.5, 0.6) is 5.88 Å². The van der Waals surface area contributed by atoms with Crippen LogP contribution in [0.15, 0.2) is 61.2 Å². The molecule has 0 aliphatic rings. The Bertz CT molecular complexity index is 882. The van der Waals surface area contributed by atoms with Crippen LogP contribution in [0.4, 0.5) is 11.5 Å². The van der Waals surface area contributed by atoms with Gasteiger partial charge in [-0.15, -0.1) is 0 Å². The Hall–Kier alpha value is -3.48. The van der Waals surface area contributed by atoms with Gasteiger partial charge in [-0.3, -0.25) is 9.78 Å². The van der Waals surface area contributed by atoms with Crippen LogP contribution in [-0.4, -0.2) is 27.0 Å². The van der Waals surface area contributed by atoms with Gasteiger partial charge in [-0.2, -0.15) is 0 Å². The van der Waals surface area contributed by atoms with E-state index in [4.69, 9.17) is 4.74 Å². The molecule has 0 spiro atoms. The van der Waals surface area contributed by atoms with Crippen molar-refractivity contribution in [2.75, 3.05) is 10.6 Å². The van der Waals surface area contributed by atoms with E-state index in [2.05, 4.69) is 25.6 Å². The van der Waals surface area contributed by atoms with Gasteiger partial charge in [-0.25, -0.2) is 9.97 Å². The first-order valence-electron chi connectivity index (χ1n) is 8.63. The fourth-order valence-electron chi connectivity index (χ4n) is 2.35. The zero-order chi connectivity index (χ0) is 19.1. The zero-order valence-electron chi connectivity index (χ0n) is 15.2. The van der Waals surface area contributed by atoms with Crippen molar-refractivity contribution in [1.82, 2.24) is 15.0 Å². The molecule has 2 aromatic heterocycles. The SMILES string of the molecule is CC(C)Oc1nccnc1NCc1ccc(NC(=O)c2ccncc2)cc1. The largest absolute Gasteiger partial charge is 0.472 e. The van der Waals surface area contributed by atoms with Crippen LogP contribution in [0, 0.1) is 0 Å². The lowest BCUT2D eigenvalue weighted by Gasteiger charge is -2.13. The highest BCUT2D eigenvalue weighted by Gasteiger charge is 2.08. The van der Waals surface area contributed by atoms with Crippen molar-refractivity contribution in [2.45, 2.75) is 26.5 Å². The Labute approximate surface area is 157 Å². The molecule has 0 bridgehead atoms. The third-order valence-electron chi connectivity index (χ3n) is 3.63. The van der Waals surface area contributed by atoms with E-state index in [1.807, 2.05) is 38.1 Å². The van der Waals surface area contributed by atoms with Gasteiger partial charge >= 0.3 is 0 Å². The predicted molar refractivity (Wildman–Crippen MR) is 104 cm³/mol. The number of anilines is 2. The summed E-state index contributed by atoms with van der Waals surface area (Å²) in [6.07, 6.45) is 6.42. The molecule has 138 valence electrons. The van der Waals surface area contributed by atoms with E-state index in [1.165, 1.54) is 0 Å². The summed E-state index contributed by atoms with van der Waals surface area (Å²) in [6.45, 7) is 4.45. The number of nitrogens with one attached hydrogen (secondary N) is 2. The number of carbonyl (C=O) groups excluding carboxylic acids is 1. The van der Waals surface area contributed by atoms with Crippen molar-refractivity contribution in [3.8, 4) is 5.88 Å². The second kappa shape index (κ2) is 8.75. The molecule has 0 saturated heterocycles. The summed E-state index contributed by atoms with van der Waals surface area (Å²) >= 11 is 0. The Balaban J connectivity index is 1.59. The quantitative estimate of drug-likeness (QED) is 0.668. The van der Waals surface area contributed by atoms with Crippen molar-refractivity contribution in [2.24, 2.45) is 0 Å². The number of aromatic nitrogens is 3. The Morgan fingerprint density at radius 3 is 2.41 bits per heavy atom. The fourth-order valence-corrected chi connectivity index (χ4v) is 2.35. The van der Waals surface area contributed by atoms with E-state index in [0.717, 1.165) is 11.3 Å². The predicted octanol–water partition coefficient (Wildman–Crippen LogP) is 3.52. The molecule has 2 heterocycles. The number of ether oxygens (including phenoxy) is 1. The summed E-state index contributed by atoms with van der Waals surface area (Å²) in [6, 6.07) is 10.9. The van der Waals surface area contributed by atoms with E-state index in [-0.39, 0.29) is 12.0 Å². The zero-order valence-corrected chi connectivity index (χ0v) is 15.2. The Morgan fingerprint density at radius 1 is 1.00 bits per heavy atom. The highest BCUT2D eigenvalue weighted by Crippen LogP contribution is 2.20. The van der Waals surface area contributed by atoms with Crippen LogP contribution in [0.3, 0.4) is 0 Å². The molecular formula is C20H21N5O2. The average molecular weight is 363 g/mol. The molecule has 0 aliphatic carbocycles. The van der Waals surface area contributed by atoms with Crippen molar-refractivity contribution >= 4 is 17.4 Å². The van der Waals surface area contributed by atoms with Crippen LogP contribution in [0.1, 0.15) is 29.8 Å². The molecule has 7 nitrogen and oxygen atoms in total. The van der Waals surface area contributed by atoms with Crippen LogP contribution in [0.2, 0.25) is 0 Å². The highest BCUT2D eigenvalue weighted by atomic mass is 16.5. The molecule has 3 aromatic rings. The normalized spacial score (nSPS) is 10.5. The highest BCUT2D eigenvalue weighted by molar-refractivity contribution is 6.04. The molecule has 7 heteroatoms. The van der Waals surface area contributed by atoms with Gasteiger partial charge in [0.1, 0.15) is 0 Å². The van der Waals surface area contributed by atoms with Gasteiger partial charge in [-0.1, -0.05) is 12.1 Å². The molecule has 0 radical (unpaired) electrons. The smallest absolute Gasteiger partial charge is 0.257 e. The minimum Gasteiger partial charge on any atom is -0.472 e. The van der Waals surface area contributed by atoms with Gasteiger partial charge in [0.25, 0.3) is 11.8 Å². The van der Waals surface area contributed by atoms with Gasteiger partial charge in [0.15, 0.2) is 5.82 Å². The lowest BCUT2D eigenvalue weighted by Crippen LogP contribution is -2.12. The molecule has 1 amide bonds. The molecule has 1 aromatic carbocycles. The molecule has 0 unspecified atom stereocenters. The molecular weight excluding hydrogens is 342 g/mol. The number of hydrogen-bond donors (Lipinski definition) is 2. The van der Waals surface area contributed by atoms with Crippen LogP contribution >= 0.6 is 0 Å². The van der Waals surface area contributed by atoms with E-state index in [9.17, 15) is 4.79 Å². The third kappa shape index (κ3) is 5.24. The summed E-state index contributed by atoms with van der Waals surface area (Å²) in [4.78, 5) is 24.5. The number of carbonyl (C=O) groups is 1. The summed E-state index contributed by atoms with van der Waals surface area (Å²) < 4.78 is 5.65. The first kappa shape index (κ1) is 18.3. The van der Waals surface area contributed by atoms with E-state index >= 15 is 0 Å². The maximum absolute atomic E-state index is 12.2. The van der Waals surface area contributed by atoms with Crippen LogP contribution < -0.4 is 15.4 Å². The van der Waals surface area contributed by atoms with E-state index < -0.39 is 0 Å². The molecule has 2 N–H and O–H groups in total. The van der Waals surface area contributed by atoms with Crippen molar-refractivity contribution in [3.05, 3.63) is 72.3 Å². The summed E-state index contributed by atoms with van der Waals surface area (Å²) in [7, 11) is 0. The van der Waals surface area contributed by atoms with E-state index in [1.54, 1.807) is 36.9 Å². The molecule has 0 aliphatic heterocycles. The first-order chi connectivity index (χ1) is 13.1. The van der Waals surface area contributed by atoms with Gasteiger partial charge in [0.05, 0.1) is 6.10 Å². The van der Waals surface area contributed by atoms with Crippen LogP contribution in [-0.2, 0) is 6.54 Å². The molecule has 0 fully saturated rings. The molecule has 27 heavy (non-hydrogen) atoms. The van der Waals surface area contributed by atoms with Gasteiger partial charge in [0, 0.05) is 42.6 Å². The van der Waals surface area contributed by atoms with Gasteiger partial charge in [0.2, 0.25) is 0 Å². The van der Waals surface area contributed by atoms with Gasteiger partial charge < -0.3 is 15.4 Å². The summed E-state index contributed by atoms with van der Waals surface area (Å²) in [5, 5.41) is 6.09. The van der Waals surface area contributed by atoms with Crippen molar-refractivity contribution < 1.29 is 9.53 Å². The first-order valence-corrected chi connectivity index (χ1v) is 8.63. The second-order valence-electron chi connectivity index (χ2n) is 6.12. The number of pyridine rings is 1. The number of amides is 1. The fraction of sp³-hybridized carbons (Fsp3) is 0.200. The van der Waals surface area contributed by atoms with Crippen molar-refractivity contribution in [1.29, 1.82) is 0 Å². The number of nitrogens with zero attached hydrogens (tertiary/aromatic N) is 3. The number of rotatable bonds is 7. The summed E-state index contributed by atoms with van der Waals surface area (Å²) in [5.41, 5.74) is 2.33. The topological polar surface area (TPSA) is 89.0 Å². The lowest BCUT2D eigenvalue weighted by atomic mass is 10.2. The van der Waals surface area contributed by atoms with Crippen molar-refractivity contribution in [3.63, 3.8) is 0 Å². The maximum Gasteiger partial charge on any atom is 0.257 e. The standard InChI is InChI=1S/C20H21N5O2/c1-14(2)27-20-18(22-11-12-23-20)24-13-15-3-5-17(6-4-15)25-19(26)16-7-9-21-10-8-16/h3-12,14H,13H2,1-2H3,(H,22,24)(H,25,26). The average Bonchev–Trinajstić information content (AvgIpc) is 2.68. The third-order valence-corrected chi connectivity index (χ3v) is 3.63. The summed E-state index contributed by atoms with van der Waals surface area (Å²) in [5.74, 6) is 0.910. The number of benzene rings is 1. The maximum atomic E-state index is 12.2. The van der Waals surface area contributed by atoms with E-state index in [0.29, 0.717) is 23.8 Å². The minimum absolute atomic E-state index is 0.0190. The molecule has 0 atom stereocenters. The van der Waals surface area contributed by atoms with Gasteiger partial charge in [-0.05, 0) is 43.7 Å². The Kier molecular flexibility index (Phi) is 5.94. The second-order valence-corrected chi connectivity index (χ2v) is 6.12. The minimum atomic E-state index is -0.168.